The normalized spacial score (nSPS) is 13.0. The minimum Gasteiger partial charge on any atom is -0.453 e. The second kappa shape index (κ2) is 8.76. The molecule has 6 heteroatoms. The lowest BCUT2D eigenvalue weighted by atomic mass is 9.98. The van der Waals surface area contributed by atoms with Crippen LogP contribution in [0.1, 0.15) is 31.7 Å². The van der Waals surface area contributed by atoms with Crippen molar-refractivity contribution in [3.05, 3.63) is 64.4 Å². The van der Waals surface area contributed by atoms with Gasteiger partial charge in [0.05, 0.1) is 12.1 Å². The molecule has 0 saturated heterocycles. The largest absolute Gasteiger partial charge is 0.453 e. The number of rotatable bonds is 6. The van der Waals surface area contributed by atoms with E-state index >= 15 is 0 Å². The van der Waals surface area contributed by atoms with Crippen molar-refractivity contribution in [2.24, 2.45) is 0 Å². The van der Waals surface area contributed by atoms with E-state index in [-0.39, 0.29) is 18.0 Å². The summed E-state index contributed by atoms with van der Waals surface area (Å²) in [6.45, 7) is 3.37. The van der Waals surface area contributed by atoms with Crippen molar-refractivity contribution in [2.45, 2.75) is 32.3 Å². The third-order valence-corrected chi connectivity index (χ3v) is 4.20. The molecule has 0 aliphatic carbocycles. The van der Waals surface area contributed by atoms with Crippen LogP contribution in [0.25, 0.3) is 0 Å². The Hall–Kier alpha value is -2.21. The van der Waals surface area contributed by atoms with Crippen molar-refractivity contribution in [2.75, 3.05) is 5.32 Å². The number of hydrogen-bond donors (Lipinski definition) is 1. The molecule has 1 N–H and O–H groups in total. The van der Waals surface area contributed by atoms with Gasteiger partial charge in [0.2, 0.25) is 0 Å². The predicted octanol–water partition coefficient (Wildman–Crippen LogP) is 4.65. The first-order valence-electron chi connectivity index (χ1n) is 7.87. The molecule has 2 rings (SSSR count). The van der Waals surface area contributed by atoms with E-state index in [1.807, 2.05) is 37.3 Å². The zero-order valence-electron chi connectivity index (χ0n) is 14.0. The monoisotopic (exact) mass is 407 g/mol. The van der Waals surface area contributed by atoms with Gasteiger partial charge in [0.15, 0.2) is 6.10 Å². The lowest BCUT2D eigenvalue weighted by Gasteiger charge is -2.16. The van der Waals surface area contributed by atoms with Crippen LogP contribution >= 0.6 is 15.9 Å². The average molecular weight is 408 g/mol. The number of benzene rings is 2. The predicted molar refractivity (Wildman–Crippen MR) is 97.8 cm³/mol. The summed E-state index contributed by atoms with van der Waals surface area (Å²) in [6, 6.07) is 13.9. The van der Waals surface area contributed by atoms with Gasteiger partial charge in [0.25, 0.3) is 5.91 Å². The Morgan fingerprint density at radius 3 is 2.48 bits per heavy atom. The molecule has 0 aliphatic heterocycles. The third kappa shape index (κ3) is 5.67. The Morgan fingerprint density at radius 1 is 1.16 bits per heavy atom. The third-order valence-electron chi connectivity index (χ3n) is 3.71. The first-order valence-corrected chi connectivity index (χ1v) is 8.66. The molecule has 132 valence electrons. The van der Waals surface area contributed by atoms with E-state index in [2.05, 4.69) is 21.2 Å². The molecular weight excluding hydrogens is 389 g/mol. The van der Waals surface area contributed by atoms with Crippen molar-refractivity contribution in [3.63, 3.8) is 0 Å². The number of carbonyl (C=O) groups excluding carboxylic acids is 2. The first kappa shape index (κ1) is 19.1. The molecule has 0 aromatic heterocycles. The van der Waals surface area contributed by atoms with Crippen LogP contribution in [0, 0.1) is 5.82 Å². The fraction of sp³-hybridized carbons (Fsp3) is 0.263. The summed E-state index contributed by atoms with van der Waals surface area (Å²) in [5, 5.41) is 2.42. The number of carbonyl (C=O) groups is 2. The van der Waals surface area contributed by atoms with E-state index in [0.717, 1.165) is 5.56 Å². The molecule has 25 heavy (non-hydrogen) atoms. The van der Waals surface area contributed by atoms with Crippen LogP contribution in [-0.2, 0) is 14.3 Å². The number of anilines is 1. The van der Waals surface area contributed by atoms with Gasteiger partial charge >= 0.3 is 5.97 Å². The van der Waals surface area contributed by atoms with E-state index < -0.39 is 23.8 Å². The topological polar surface area (TPSA) is 55.4 Å². The Labute approximate surface area is 154 Å². The van der Waals surface area contributed by atoms with Gasteiger partial charge in [-0.15, -0.1) is 0 Å². The van der Waals surface area contributed by atoms with Gasteiger partial charge in [0, 0.05) is 4.47 Å². The summed E-state index contributed by atoms with van der Waals surface area (Å²) >= 11 is 3.14. The Bertz CT molecular complexity index is 752. The summed E-state index contributed by atoms with van der Waals surface area (Å²) < 4.78 is 19.5. The number of esters is 1. The van der Waals surface area contributed by atoms with Gasteiger partial charge < -0.3 is 10.1 Å². The maximum atomic E-state index is 13.7. The second-order valence-electron chi connectivity index (χ2n) is 5.76. The molecule has 0 heterocycles. The SMILES string of the molecule is C[C@H](CC(=O)O[C@H](C)C(=O)Nc1ccc(Br)cc1F)c1ccccc1. The van der Waals surface area contributed by atoms with Gasteiger partial charge in [-0.1, -0.05) is 53.2 Å². The number of halogens is 2. The number of ether oxygens (including phenoxy) is 1. The lowest BCUT2D eigenvalue weighted by Crippen LogP contribution is -2.30. The number of hydrogen-bond acceptors (Lipinski definition) is 3. The summed E-state index contributed by atoms with van der Waals surface area (Å²) in [5.41, 5.74) is 1.06. The molecule has 0 bridgehead atoms. The van der Waals surface area contributed by atoms with Crippen molar-refractivity contribution < 1.29 is 18.7 Å². The zero-order chi connectivity index (χ0) is 18.4. The van der Waals surface area contributed by atoms with Crippen molar-refractivity contribution in [3.8, 4) is 0 Å². The van der Waals surface area contributed by atoms with E-state index in [0.29, 0.717) is 4.47 Å². The fourth-order valence-electron chi connectivity index (χ4n) is 2.27. The van der Waals surface area contributed by atoms with Crippen molar-refractivity contribution in [1.82, 2.24) is 0 Å². The Kier molecular flexibility index (Phi) is 6.70. The molecule has 4 nitrogen and oxygen atoms in total. The number of amides is 1. The van der Waals surface area contributed by atoms with Crippen molar-refractivity contribution >= 4 is 33.5 Å². The standard InChI is InChI=1S/C19H19BrFNO3/c1-12(14-6-4-3-5-7-14)10-18(23)25-13(2)19(24)22-17-9-8-15(20)11-16(17)21/h3-9,11-13H,10H2,1-2H3,(H,22,24)/t12-,13-/m1/s1. The molecule has 2 aromatic rings. The lowest BCUT2D eigenvalue weighted by molar-refractivity contribution is -0.153. The van der Waals surface area contributed by atoms with Gasteiger partial charge in [-0.05, 0) is 36.6 Å². The van der Waals surface area contributed by atoms with Crippen LogP contribution < -0.4 is 5.32 Å². The second-order valence-corrected chi connectivity index (χ2v) is 6.68. The van der Waals surface area contributed by atoms with Crippen LogP contribution in [0.15, 0.2) is 53.0 Å². The highest BCUT2D eigenvalue weighted by molar-refractivity contribution is 9.10. The molecule has 0 fully saturated rings. The van der Waals surface area contributed by atoms with Gasteiger partial charge in [-0.25, -0.2) is 4.39 Å². The van der Waals surface area contributed by atoms with Crippen LogP contribution in [-0.4, -0.2) is 18.0 Å². The van der Waals surface area contributed by atoms with E-state index in [4.69, 9.17) is 4.74 Å². The highest BCUT2D eigenvalue weighted by atomic mass is 79.9. The van der Waals surface area contributed by atoms with Crippen molar-refractivity contribution in [1.29, 1.82) is 0 Å². The molecule has 0 spiro atoms. The number of nitrogens with one attached hydrogen (secondary N) is 1. The van der Waals surface area contributed by atoms with Crippen LogP contribution in [0.2, 0.25) is 0 Å². The molecule has 0 aliphatic rings. The highest BCUT2D eigenvalue weighted by Crippen LogP contribution is 2.21. The Morgan fingerprint density at radius 2 is 1.84 bits per heavy atom. The quantitative estimate of drug-likeness (QED) is 0.708. The van der Waals surface area contributed by atoms with Crippen LogP contribution in [0.3, 0.4) is 0 Å². The van der Waals surface area contributed by atoms with Crippen LogP contribution in [0.5, 0.6) is 0 Å². The molecule has 0 saturated carbocycles. The highest BCUT2D eigenvalue weighted by Gasteiger charge is 2.21. The summed E-state index contributed by atoms with van der Waals surface area (Å²) in [5.74, 6) is -1.65. The average Bonchev–Trinajstić information content (AvgIpc) is 2.57. The van der Waals surface area contributed by atoms with Crippen LogP contribution in [0.4, 0.5) is 10.1 Å². The van der Waals surface area contributed by atoms with Gasteiger partial charge in [-0.2, -0.15) is 0 Å². The van der Waals surface area contributed by atoms with E-state index in [9.17, 15) is 14.0 Å². The maximum absolute atomic E-state index is 13.7. The maximum Gasteiger partial charge on any atom is 0.307 e. The molecular formula is C19H19BrFNO3. The summed E-state index contributed by atoms with van der Waals surface area (Å²) in [7, 11) is 0. The smallest absolute Gasteiger partial charge is 0.307 e. The van der Waals surface area contributed by atoms with Gasteiger partial charge in [0.1, 0.15) is 5.82 Å². The zero-order valence-corrected chi connectivity index (χ0v) is 15.5. The molecule has 1 amide bonds. The summed E-state index contributed by atoms with van der Waals surface area (Å²) in [4.78, 5) is 24.1. The molecule has 2 aromatic carbocycles. The fourth-order valence-corrected chi connectivity index (χ4v) is 2.61. The molecule has 0 radical (unpaired) electrons. The first-order chi connectivity index (χ1) is 11.9. The summed E-state index contributed by atoms with van der Waals surface area (Å²) in [6.07, 6.45) is -0.854. The minimum atomic E-state index is -1.02. The Balaban J connectivity index is 1.88. The molecule has 0 unspecified atom stereocenters. The minimum absolute atomic E-state index is 0.0205. The van der Waals surface area contributed by atoms with Gasteiger partial charge in [-0.3, -0.25) is 9.59 Å². The van der Waals surface area contributed by atoms with E-state index in [1.54, 1.807) is 6.07 Å². The molecule has 2 atom stereocenters. The van der Waals surface area contributed by atoms with E-state index in [1.165, 1.54) is 19.1 Å².